The topological polar surface area (TPSA) is 172 Å². The van der Waals surface area contributed by atoms with Crippen LogP contribution in [0.3, 0.4) is 0 Å². The molecule has 324 valence electrons. The molecule has 0 spiro atoms. The average molecular weight is 841 g/mol. The Bertz CT molecular complexity index is 2320. The zero-order chi connectivity index (χ0) is 43.2. The molecule has 0 saturated carbocycles. The van der Waals surface area contributed by atoms with Crippen molar-refractivity contribution < 1.29 is 28.7 Å². The Kier molecular flexibility index (Phi) is 13.1. The minimum atomic E-state index is -0.602. The molecule has 2 fully saturated rings. The third-order valence-corrected chi connectivity index (χ3v) is 12.8. The minimum absolute atomic E-state index is 0.0363. The Morgan fingerprint density at radius 1 is 0.903 bits per heavy atom. The van der Waals surface area contributed by atoms with Gasteiger partial charge in [-0.2, -0.15) is 5.10 Å². The van der Waals surface area contributed by atoms with Gasteiger partial charge in [0.1, 0.15) is 34.6 Å². The summed E-state index contributed by atoms with van der Waals surface area (Å²) in [6.07, 6.45) is 11.9. The summed E-state index contributed by atoms with van der Waals surface area (Å²) < 4.78 is 7.92. The number of nitrogens with two attached hydrogens (primary N) is 1. The third kappa shape index (κ3) is 9.45. The molecule has 14 heteroatoms. The second kappa shape index (κ2) is 19.2. The lowest BCUT2D eigenvalue weighted by Crippen LogP contribution is -2.52. The molecule has 4 aromatic rings. The van der Waals surface area contributed by atoms with Crippen LogP contribution in [-0.4, -0.2) is 99.8 Å². The number of hydrogen-bond donors (Lipinski definition) is 3. The SMILES string of the molecule is CN(C/C=C/C(=O)N1CCC([C@@H]2CCNc3c(C(N)=O)c(-c4ccc(Oc5ccccc5)cc4)nn32)CC1)CCCCCCc1cccc2c1CN(C1CCC(=O)NC1=O)C2=O. The number of benzene rings is 3. The fraction of sp³-hybridized carbons (Fsp3) is 0.417. The molecule has 14 nitrogen and oxygen atoms in total. The Hall–Kier alpha value is -6.28. The molecule has 3 aromatic carbocycles. The first kappa shape index (κ1) is 42.4. The molecule has 2 saturated heterocycles. The van der Waals surface area contributed by atoms with Crippen molar-refractivity contribution in [3.63, 3.8) is 0 Å². The number of aryl methyl sites for hydroxylation is 1. The number of carbonyl (C=O) groups is 5. The summed E-state index contributed by atoms with van der Waals surface area (Å²) in [5.74, 6) is 1.10. The summed E-state index contributed by atoms with van der Waals surface area (Å²) in [4.78, 5) is 69.0. The van der Waals surface area contributed by atoms with E-state index in [0.717, 1.165) is 80.4 Å². The van der Waals surface area contributed by atoms with E-state index >= 15 is 0 Å². The predicted molar refractivity (Wildman–Crippen MR) is 235 cm³/mol. The number of unbranched alkanes of at least 4 members (excludes halogenated alkanes) is 3. The molecule has 1 unspecified atom stereocenters. The lowest BCUT2D eigenvalue weighted by Gasteiger charge is -2.38. The van der Waals surface area contributed by atoms with Gasteiger partial charge >= 0.3 is 0 Å². The van der Waals surface area contributed by atoms with Gasteiger partial charge < -0.3 is 30.5 Å². The summed E-state index contributed by atoms with van der Waals surface area (Å²) in [7, 11) is 2.08. The van der Waals surface area contributed by atoms with E-state index in [1.54, 1.807) is 11.0 Å². The number of primary amides is 1. The molecule has 2 atom stereocenters. The first-order valence-corrected chi connectivity index (χ1v) is 22.0. The Morgan fingerprint density at radius 3 is 2.42 bits per heavy atom. The highest BCUT2D eigenvalue weighted by atomic mass is 16.5. The van der Waals surface area contributed by atoms with E-state index in [9.17, 15) is 24.0 Å². The summed E-state index contributed by atoms with van der Waals surface area (Å²) >= 11 is 0. The van der Waals surface area contributed by atoms with Gasteiger partial charge in [0.2, 0.25) is 17.7 Å². The first-order chi connectivity index (χ1) is 30.1. The first-order valence-electron chi connectivity index (χ1n) is 22.0. The highest BCUT2D eigenvalue weighted by Crippen LogP contribution is 2.40. The third-order valence-electron chi connectivity index (χ3n) is 12.8. The van der Waals surface area contributed by atoms with Crippen molar-refractivity contribution in [2.24, 2.45) is 11.7 Å². The van der Waals surface area contributed by atoms with Gasteiger partial charge in [0.25, 0.3) is 11.8 Å². The highest BCUT2D eigenvalue weighted by molar-refractivity contribution is 6.06. The molecule has 4 N–H and O–H groups in total. The van der Waals surface area contributed by atoms with Gasteiger partial charge in [-0.15, -0.1) is 0 Å². The number of likely N-dealkylation sites (N-methyl/N-ethyl adjacent to an activating group) is 1. The second-order valence-corrected chi connectivity index (χ2v) is 16.9. The van der Waals surface area contributed by atoms with Crippen molar-refractivity contribution in [2.45, 2.75) is 82.8 Å². The van der Waals surface area contributed by atoms with Crippen molar-refractivity contribution in [2.75, 3.05) is 45.1 Å². The van der Waals surface area contributed by atoms with Crippen molar-refractivity contribution in [1.29, 1.82) is 0 Å². The second-order valence-electron chi connectivity index (χ2n) is 16.9. The van der Waals surface area contributed by atoms with Crippen LogP contribution in [0.4, 0.5) is 5.82 Å². The number of carbonyl (C=O) groups excluding carboxylic acids is 5. The molecule has 1 aromatic heterocycles. The monoisotopic (exact) mass is 840 g/mol. The number of aromatic nitrogens is 2. The predicted octanol–water partition coefficient (Wildman–Crippen LogP) is 6.09. The molecule has 0 aliphatic carbocycles. The number of imide groups is 1. The number of amides is 5. The van der Waals surface area contributed by atoms with Crippen LogP contribution in [0.15, 0.2) is 84.9 Å². The number of rotatable bonds is 16. The number of nitrogens with zero attached hydrogens (tertiary/aromatic N) is 5. The van der Waals surface area contributed by atoms with Crippen LogP contribution < -0.4 is 21.1 Å². The maximum Gasteiger partial charge on any atom is 0.255 e. The molecular formula is C48H56N8O6. The quantitative estimate of drug-likeness (QED) is 0.0686. The molecule has 8 rings (SSSR count). The summed E-state index contributed by atoms with van der Waals surface area (Å²) in [6, 6.07) is 22.4. The maximum atomic E-state index is 13.2. The normalized spacial score (nSPS) is 19.1. The summed E-state index contributed by atoms with van der Waals surface area (Å²) in [5.41, 5.74) is 10.5. The summed E-state index contributed by atoms with van der Waals surface area (Å²) in [6.45, 7) is 4.08. The van der Waals surface area contributed by atoms with E-state index in [2.05, 4.69) is 28.6 Å². The zero-order valence-corrected chi connectivity index (χ0v) is 35.4. The number of fused-ring (bicyclic) bond motifs is 2. The Labute approximate surface area is 362 Å². The lowest BCUT2D eigenvalue weighted by atomic mass is 9.87. The average Bonchev–Trinajstić information content (AvgIpc) is 3.84. The van der Waals surface area contributed by atoms with Gasteiger partial charge in [-0.1, -0.05) is 49.2 Å². The Morgan fingerprint density at radius 2 is 1.66 bits per heavy atom. The van der Waals surface area contributed by atoms with E-state index in [1.165, 1.54) is 0 Å². The zero-order valence-electron chi connectivity index (χ0n) is 35.4. The van der Waals surface area contributed by atoms with Gasteiger partial charge in [0.05, 0.1) is 6.04 Å². The highest BCUT2D eigenvalue weighted by Gasteiger charge is 2.40. The largest absolute Gasteiger partial charge is 0.457 e. The van der Waals surface area contributed by atoms with Gasteiger partial charge in [-0.25, -0.2) is 4.68 Å². The molecule has 5 heterocycles. The molecule has 4 aliphatic rings. The molecule has 5 amide bonds. The lowest BCUT2D eigenvalue weighted by molar-refractivity contribution is -0.137. The number of anilines is 1. The van der Waals surface area contributed by atoms with E-state index in [1.807, 2.05) is 82.4 Å². The molecule has 0 radical (unpaired) electrons. The van der Waals surface area contributed by atoms with Crippen molar-refractivity contribution >= 4 is 35.4 Å². The van der Waals surface area contributed by atoms with Crippen molar-refractivity contribution in [3.05, 3.63) is 107 Å². The van der Waals surface area contributed by atoms with E-state index < -0.39 is 11.9 Å². The van der Waals surface area contributed by atoms with Gasteiger partial charge in [-0.3, -0.25) is 29.3 Å². The number of nitrogens with one attached hydrogen (secondary N) is 2. The summed E-state index contributed by atoms with van der Waals surface area (Å²) in [5, 5.41) is 10.8. The van der Waals surface area contributed by atoms with E-state index in [0.29, 0.717) is 73.5 Å². The van der Waals surface area contributed by atoms with Crippen LogP contribution in [0, 0.1) is 5.92 Å². The smallest absolute Gasteiger partial charge is 0.255 e. The number of hydrogen-bond acceptors (Lipinski definition) is 9. The number of ether oxygens (including phenoxy) is 1. The van der Waals surface area contributed by atoms with E-state index in [4.69, 9.17) is 15.6 Å². The fourth-order valence-corrected chi connectivity index (χ4v) is 9.45. The Balaban J connectivity index is 0.758. The van der Waals surface area contributed by atoms with Crippen LogP contribution in [0.1, 0.15) is 95.7 Å². The van der Waals surface area contributed by atoms with Crippen LogP contribution >= 0.6 is 0 Å². The number of para-hydroxylation sites is 1. The van der Waals surface area contributed by atoms with Crippen molar-refractivity contribution in [3.8, 4) is 22.8 Å². The van der Waals surface area contributed by atoms with Crippen molar-refractivity contribution in [1.82, 2.24) is 29.8 Å². The minimum Gasteiger partial charge on any atom is -0.457 e. The fourth-order valence-electron chi connectivity index (χ4n) is 9.45. The van der Waals surface area contributed by atoms with E-state index in [-0.39, 0.29) is 36.1 Å². The standard InChI is InChI=1S/C48H56N8O6/c1-53(27-8-3-2-5-11-32-12-9-15-37-38(32)31-55(48(37)61)40-21-22-41(57)51-47(40)60)28-10-16-42(58)54-29-24-33(25-30-54)39-23-26-50-46-43(45(49)59)44(52-56(39)46)34-17-19-36(20-18-34)62-35-13-6-4-7-14-35/h4,6-7,9-10,12-20,33,39-40,50H,2-3,5,8,11,21-31H2,1H3,(H2,49,59)(H,51,57,60)/b16-10+/t39-,40?/m0/s1. The number of likely N-dealkylation sites (tertiary alicyclic amines) is 1. The van der Waals surface area contributed by atoms with Crippen LogP contribution in [-0.2, 0) is 27.3 Å². The molecular weight excluding hydrogens is 785 g/mol. The maximum absolute atomic E-state index is 13.2. The van der Waals surface area contributed by atoms with Crippen LogP contribution in [0.25, 0.3) is 11.3 Å². The van der Waals surface area contributed by atoms with Gasteiger partial charge in [-0.05, 0) is 118 Å². The van der Waals surface area contributed by atoms with Crippen LogP contribution in [0.5, 0.6) is 11.5 Å². The number of piperidine rings is 2. The molecule has 4 aliphatic heterocycles. The molecule has 0 bridgehead atoms. The van der Waals surface area contributed by atoms with Gasteiger partial charge in [0, 0.05) is 56.3 Å². The molecule has 62 heavy (non-hydrogen) atoms. The van der Waals surface area contributed by atoms with Crippen LogP contribution in [0.2, 0.25) is 0 Å². The van der Waals surface area contributed by atoms with Gasteiger partial charge in [0.15, 0.2) is 0 Å².